The van der Waals surface area contributed by atoms with Gasteiger partial charge in [0.2, 0.25) is 5.91 Å². The van der Waals surface area contributed by atoms with Crippen molar-refractivity contribution < 1.29 is 9.53 Å². The summed E-state index contributed by atoms with van der Waals surface area (Å²) in [6.07, 6.45) is 1.05. The average molecular weight is 275 g/mol. The Kier molecular flexibility index (Phi) is 4.06. The van der Waals surface area contributed by atoms with E-state index in [0.717, 1.165) is 30.9 Å². The van der Waals surface area contributed by atoms with Gasteiger partial charge < -0.3 is 19.9 Å². The van der Waals surface area contributed by atoms with Crippen LogP contribution >= 0.6 is 0 Å². The number of hydrogen-bond acceptors (Lipinski definition) is 4. The van der Waals surface area contributed by atoms with Crippen LogP contribution in [0.5, 0.6) is 0 Å². The van der Waals surface area contributed by atoms with Crippen LogP contribution in [0.2, 0.25) is 0 Å². The van der Waals surface area contributed by atoms with Crippen LogP contribution in [0.4, 0.5) is 11.4 Å². The summed E-state index contributed by atoms with van der Waals surface area (Å²) in [5.74, 6) is 0.199. The number of nitrogens with zero attached hydrogens (tertiary/aromatic N) is 2. The van der Waals surface area contributed by atoms with E-state index in [1.54, 1.807) is 0 Å². The van der Waals surface area contributed by atoms with Gasteiger partial charge in [-0.05, 0) is 18.6 Å². The van der Waals surface area contributed by atoms with Gasteiger partial charge in [-0.15, -0.1) is 0 Å². The molecule has 1 fully saturated rings. The fourth-order valence-corrected chi connectivity index (χ4v) is 2.75. The molecule has 1 N–H and O–H groups in total. The topological polar surface area (TPSA) is 44.8 Å². The number of ether oxygens (including phenoxy) is 1. The molecule has 1 amide bonds. The van der Waals surface area contributed by atoms with Gasteiger partial charge in [0.1, 0.15) is 0 Å². The molecular weight excluding hydrogens is 254 g/mol. The van der Waals surface area contributed by atoms with Crippen molar-refractivity contribution in [2.24, 2.45) is 0 Å². The van der Waals surface area contributed by atoms with Crippen molar-refractivity contribution in [1.82, 2.24) is 4.90 Å². The molecule has 0 unspecified atom stereocenters. The van der Waals surface area contributed by atoms with E-state index in [-0.39, 0.29) is 5.91 Å². The number of hydrogen-bond donors (Lipinski definition) is 1. The Morgan fingerprint density at radius 2 is 2.00 bits per heavy atom. The first kappa shape index (κ1) is 13.2. The molecule has 0 radical (unpaired) electrons. The van der Waals surface area contributed by atoms with Crippen LogP contribution in [0.1, 0.15) is 6.42 Å². The molecule has 3 rings (SSSR count). The summed E-state index contributed by atoms with van der Waals surface area (Å²) in [5.41, 5.74) is 2.26. The van der Waals surface area contributed by atoms with Gasteiger partial charge in [-0.2, -0.15) is 0 Å². The van der Waals surface area contributed by atoms with Crippen LogP contribution in [0.3, 0.4) is 0 Å². The highest BCUT2D eigenvalue weighted by molar-refractivity contribution is 5.83. The first-order valence-electron chi connectivity index (χ1n) is 7.28. The Labute approximate surface area is 119 Å². The van der Waals surface area contributed by atoms with Gasteiger partial charge in [-0.25, -0.2) is 0 Å². The van der Waals surface area contributed by atoms with E-state index in [0.29, 0.717) is 32.8 Å². The van der Waals surface area contributed by atoms with E-state index >= 15 is 0 Å². The predicted molar refractivity (Wildman–Crippen MR) is 79.2 cm³/mol. The second-order valence-corrected chi connectivity index (χ2v) is 5.21. The van der Waals surface area contributed by atoms with E-state index in [4.69, 9.17) is 4.74 Å². The number of nitrogens with one attached hydrogen (secondary N) is 1. The van der Waals surface area contributed by atoms with Crippen molar-refractivity contribution in [2.75, 3.05) is 56.2 Å². The Morgan fingerprint density at radius 3 is 2.85 bits per heavy atom. The molecule has 0 aromatic heterocycles. The summed E-state index contributed by atoms with van der Waals surface area (Å²) in [6.45, 7) is 5.07. The molecule has 2 aliphatic rings. The molecule has 2 aliphatic heterocycles. The number of carbonyl (C=O) groups excluding carboxylic acids is 1. The van der Waals surface area contributed by atoms with Gasteiger partial charge in [0, 0.05) is 26.2 Å². The predicted octanol–water partition coefficient (Wildman–Crippen LogP) is 1.17. The zero-order valence-corrected chi connectivity index (χ0v) is 11.7. The average Bonchev–Trinajstić information content (AvgIpc) is 2.71. The van der Waals surface area contributed by atoms with Crippen LogP contribution in [0, 0.1) is 0 Å². The monoisotopic (exact) mass is 275 g/mol. The molecule has 1 aromatic rings. The first-order chi connectivity index (χ1) is 9.84. The van der Waals surface area contributed by atoms with Crippen LogP contribution in [-0.2, 0) is 9.53 Å². The lowest BCUT2D eigenvalue weighted by molar-refractivity contribution is -0.133. The number of morpholine rings is 1. The van der Waals surface area contributed by atoms with Crippen molar-refractivity contribution >= 4 is 17.3 Å². The Balaban J connectivity index is 1.71. The van der Waals surface area contributed by atoms with Crippen LogP contribution in [0.15, 0.2) is 24.3 Å². The summed E-state index contributed by atoms with van der Waals surface area (Å²) in [5, 5.41) is 3.42. The van der Waals surface area contributed by atoms with Crippen molar-refractivity contribution in [3.63, 3.8) is 0 Å². The lowest BCUT2D eigenvalue weighted by atomic mass is 10.2. The molecule has 0 atom stereocenters. The van der Waals surface area contributed by atoms with Crippen molar-refractivity contribution in [2.45, 2.75) is 6.42 Å². The minimum atomic E-state index is 0.199. The molecule has 108 valence electrons. The van der Waals surface area contributed by atoms with Crippen LogP contribution < -0.4 is 10.2 Å². The smallest absolute Gasteiger partial charge is 0.242 e. The highest BCUT2D eigenvalue weighted by atomic mass is 16.5. The summed E-state index contributed by atoms with van der Waals surface area (Å²) in [6, 6.07) is 8.21. The third-order valence-electron chi connectivity index (χ3n) is 3.85. The molecule has 1 saturated heterocycles. The minimum Gasteiger partial charge on any atom is -0.383 e. The lowest BCUT2D eigenvalue weighted by Crippen LogP contribution is -2.46. The number of para-hydroxylation sites is 2. The van der Waals surface area contributed by atoms with Gasteiger partial charge in [-0.1, -0.05) is 12.1 Å². The molecule has 2 heterocycles. The van der Waals surface area contributed by atoms with Gasteiger partial charge in [0.05, 0.1) is 31.1 Å². The lowest BCUT2D eigenvalue weighted by Gasteiger charge is -2.30. The SMILES string of the molecule is O=C(CN1CCCNc2ccccc21)N1CCOCC1. The minimum absolute atomic E-state index is 0.199. The number of fused-ring (bicyclic) bond motifs is 1. The standard InChI is InChI=1S/C15H21N3O2/c19-15(17-8-10-20-11-9-17)12-18-7-3-6-16-13-4-1-2-5-14(13)18/h1-2,4-5,16H,3,6-12H2. The van der Waals surface area contributed by atoms with Gasteiger partial charge in [0.15, 0.2) is 0 Å². The number of rotatable bonds is 2. The fraction of sp³-hybridized carbons (Fsp3) is 0.533. The number of amides is 1. The number of benzene rings is 1. The molecule has 1 aromatic carbocycles. The molecule has 0 spiro atoms. The molecule has 5 heteroatoms. The summed E-state index contributed by atoms with van der Waals surface area (Å²) in [4.78, 5) is 16.5. The summed E-state index contributed by atoms with van der Waals surface area (Å²) in [7, 11) is 0. The zero-order valence-electron chi connectivity index (χ0n) is 11.7. The Bertz CT molecular complexity index is 472. The molecule has 5 nitrogen and oxygen atoms in total. The summed E-state index contributed by atoms with van der Waals surface area (Å²) >= 11 is 0. The Hall–Kier alpha value is -1.75. The zero-order chi connectivity index (χ0) is 13.8. The maximum absolute atomic E-state index is 12.4. The van der Waals surface area contributed by atoms with Gasteiger partial charge >= 0.3 is 0 Å². The molecule has 0 saturated carbocycles. The largest absolute Gasteiger partial charge is 0.383 e. The summed E-state index contributed by atoms with van der Waals surface area (Å²) < 4.78 is 5.30. The fourth-order valence-electron chi connectivity index (χ4n) is 2.75. The first-order valence-corrected chi connectivity index (χ1v) is 7.28. The second-order valence-electron chi connectivity index (χ2n) is 5.21. The molecule has 0 aliphatic carbocycles. The van der Waals surface area contributed by atoms with Crippen LogP contribution in [-0.4, -0.2) is 56.7 Å². The van der Waals surface area contributed by atoms with Crippen molar-refractivity contribution in [1.29, 1.82) is 0 Å². The third-order valence-corrected chi connectivity index (χ3v) is 3.85. The molecular formula is C15H21N3O2. The Morgan fingerprint density at radius 1 is 1.20 bits per heavy atom. The third kappa shape index (κ3) is 2.88. The number of carbonyl (C=O) groups is 1. The van der Waals surface area contributed by atoms with Gasteiger partial charge in [-0.3, -0.25) is 4.79 Å². The maximum atomic E-state index is 12.4. The second kappa shape index (κ2) is 6.13. The van der Waals surface area contributed by atoms with Gasteiger partial charge in [0.25, 0.3) is 0 Å². The van der Waals surface area contributed by atoms with E-state index in [9.17, 15) is 4.79 Å². The van der Waals surface area contributed by atoms with E-state index < -0.39 is 0 Å². The highest BCUT2D eigenvalue weighted by Crippen LogP contribution is 2.27. The number of anilines is 2. The van der Waals surface area contributed by atoms with E-state index in [2.05, 4.69) is 22.3 Å². The maximum Gasteiger partial charge on any atom is 0.242 e. The van der Waals surface area contributed by atoms with E-state index in [1.165, 1.54) is 0 Å². The van der Waals surface area contributed by atoms with Crippen molar-refractivity contribution in [3.05, 3.63) is 24.3 Å². The quantitative estimate of drug-likeness (QED) is 0.880. The van der Waals surface area contributed by atoms with E-state index in [1.807, 2.05) is 17.0 Å². The normalized spacial score (nSPS) is 19.0. The molecule has 20 heavy (non-hydrogen) atoms. The van der Waals surface area contributed by atoms with Crippen LogP contribution in [0.25, 0.3) is 0 Å². The molecule has 0 bridgehead atoms. The highest BCUT2D eigenvalue weighted by Gasteiger charge is 2.22. The van der Waals surface area contributed by atoms with Crippen molar-refractivity contribution in [3.8, 4) is 0 Å².